The van der Waals surface area contributed by atoms with Gasteiger partial charge in [-0.25, -0.2) is 4.79 Å². The minimum atomic E-state index is -4.13. The molecule has 0 saturated heterocycles. The van der Waals surface area contributed by atoms with E-state index < -0.39 is 27.1 Å². The normalized spacial score (nSPS) is 29.5. The van der Waals surface area contributed by atoms with E-state index in [2.05, 4.69) is 6.92 Å². The fraction of sp³-hybridized carbons (Fsp3) is 0.519. The van der Waals surface area contributed by atoms with Gasteiger partial charge in [0.25, 0.3) is 5.69 Å². The van der Waals surface area contributed by atoms with E-state index in [1.807, 2.05) is 6.07 Å². The zero-order valence-electron chi connectivity index (χ0n) is 20.8. The van der Waals surface area contributed by atoms with Crippen molar-refractivity contribution in [3.8, 4) is 5.75 Å². The van der Waals surface area contributed by atoms with Gasteiger partial charge in [-0.05, 0) is 97.1 Å². The van der Waals surface area contributed by atoms with Gasteiger partial charge < -0.3 is 14.0 Å². The summed E-state index contributed by atoms with van der Waals surface area (Å²) >= 11 is 0. The predicted octanol–water partition coefficient (Wildman–Crippen LogP) is 4.93. The molecule has 3 aliphatic rings. The fourth-order valence-electron chi connectivity index (χ4n) is 7.50. The first-order valence-corrected chi connectivity index (χ1v) is 14.0. The fourth-order valence-corrected chi connectivity index (χ4v) is 8.42. The molecule has 3 aliphatic carbocycles. The summed E-state index contributed by atoms with van der Waals surface area (Å²) < 4.78 is 36.3. The molecule has 0 bridgehead atoms. The molecular formula is C27H31NO8S. The van der Waals surface area contributed by atoms with Crippen molar-refractivity contribution in [2.75, 3.05) is 7.11 Å². The van der Waals surface area contributed by atoms with Gasteiger partial charge in [-0.2, -0.15) is 8.42 Å². The molecular weight excluding hydrogens is 498 g/mol. The Balaban J connectivity index is 1.35. The van der Waals surface area contributed by atoms with E-state index in [9.17, 15) is 28.4 Å². The number of aryl methyl sites for hydroxylation is 1. The molecule has 2 aromatic carbocycles. The summed E-state index contributed by atoms with van der Waals surface area (Å²) in [6, 6.07) is 10.1. The molecule has 9 nitrogen and oxygen atoms in total. The number of nitrogens with zero attached hydrogens (tertiary/aromatic N) is 1. The minimum absolute atomic E-state index is 0.00255. The van der Waals surface area contributed by atoms with E-state index in [1.165, 1.54) is 24.8 Å². The molecule has 5 rings (SSSR count). The van der Waals surface area contributed by atoms with Gasteiger partial charge in [0, 0.05) is 25.2 Å². The molecule has 0 amide bonds. The second kappa shape index (κ2) is 9.40. The smallest absolute Gasteiger partial charge is 0.339 e. The van der Waals surface area contributed by atoms with Crippen LogP contribution in [0.1, 0.15) is 56.1 Å². The van der Waals surface area contributed by atoms with Crippen LogP contribution in [0, 0.1) is 33.3 Å². The van der Waals surface area contributed by atoms with Crippen molar-refractivity contribution < 1.29 is 32.2 Å². The number of carbonyl (C=O) groups is 1. The molecule has 4 unspecified atom stereocenters. The van der Waals surface area contributed by atoms with Crippen LogP contribution in [-0.4, -0.2) is 37.6 Å². The van der Waals surface area contributed by atoms with Crippen LogP contribution < -0.4 is 4.18 Å². The lowest BCUT2D eigenvalue weighted by atomic mass is 9.53. The van der Waals surface area contributed by atoms with Gasteiger partial charge in [-0.3, -0.25) is 10.1 Å². The second-order valence-electron chi connectivity index (χ2n) is 10.8. The van der Waals surface area contributed by atoms with Crippen molar-refractivity contribution >= 4 is 21.8 Å². The molecule has 10 heteroatoms. The van der Waals surface area contributed by atoms with Crippen molar-refractivity contribution in [3.63, 3.8) is 0 Å². The number of carboxylic acids is 1. The average molecular weight is 530 g/mol. The number of hydrogen-bond acceptors (Lipinski definition) is 7. The van der Waals surface area contributed by atoms with Crippen LogP contribution in [0.5, 0.6) is 5.75 Å². The summed E-state index contributed by atoms with van der Waals surface area (Å²) in [6.07, 6.45) is 4.74. The highest BCUT2D eigenvalue weighted by Gasteiger charge is 2.57. The Kier molecular flexibility index (Phi) is 6.52. The first-order chi connectivity index (χ1) is 17.5. The molecule has 0 aliphatic heterocycles. The van der Waals surface area contributed by atoms with E-state index in [0.29, 0.717) is 17.8 Å². The number of nitro groups is 1. The number of aliphatic carboxylic acids is 1. The van der Waals surface area contributed by atoms with Crippen molar-refractivity contribution in [3.05, 3.63) is 63.7 Å². The number of benzene rings is 2. The maximum atomic E-state index is 12.8. The van der Waals surface area contributed by atoms with Gasteiger partial charge in [-0.15, -0.1) is 0 Å². The molecule has 2 fully saturated rings. The molecule has 2 aromatic rings. The molecule has 37 heavy (non-hydrogen) atoms. The average Bonchev–Trinajstić information content (AvgIpc) is 3.21. The van der Waals surface area contributed by atoms with Crippen molar-refractivity contribution in [1.29, 1.82) is 0 Å². The first-order valence-electron chi connectivity index (χ1n) is 12.6. The number of non-ortho nitro benzene ring substituents is 1. The topological polar surface area (TPSA) is 133 Å². The molecule has 0 radical (unpaired) electrons. The molecule has 198 valence electrons. The van der Waals surface area contributed by atoms with Gasteiger partial charge in [0.1, 0.15) is 10.6 Å². The predicted molar refractivity (Wildman–Crippen MR) is 134 cm³/mol. The maximum Gasteiger partial charge on any atom is 0.339 e. The Bertz CT molecular complexity index is 1320. The zero-order chi connectivity index (χ0) is 26.5. The van der Waals surface area contributed by atoms with Gasteiger partial charge >= 0.3 is 16.1 Å². The largest absolute Gasteiger partial charge is 0.479 e. The summed E-state index contributed by atoms with van der Waals surface area (Å²) in [6.45, 7) is 2.25. The highest BCUT2D eigenvalue weighted by molar-refractivity contribution is 7.87. The van der Waals surface area contributed by atoms with Crippen molar-refractivity contribution in [1.82, 2.24) is 0 Å². The standard InChI is InChI=1S/C27H31NO8S/c1-27-14-13-21-20-10-6-18(36-37(33,34)19-7-4-17(5-8-19)28(31)32)15-16(20)3-9-22(21)23(27)11-12-24(27)25(35-2)26(29)30/h4-8,10,15,21-25H,3,9,11-14H2,1-2H3,(H,29,30)/t21?,22?,23?,24-,25?,27+/m1/s1. The minimum Gasteiger partial charge on any atom is -0.479 e. The van der Waals surface area contributed by atoms with Gasteiger partial charge in [0.15, 0.2) is 6.10 Å². The lowest BCUT2D eigenvalue weighted by molar-refractivity contribution is -0.384. The van der Waals surface area contributed by atoms with Crippen LogP contribution in [0.25, 0.3) is 0 Å². The zero-order valence-corrected chi connectivity index (χ0v) is 21.6. The van der Waals surface area contributed by atoms with E-state index in [0.717, 1.165) is 56.2 Å². The highest BCUT2D eigenvalue weighted by atomic mass is 32.2. The third-order valence-corrected chi connectivity index (χ3v) is 10.4. The van der Waals surface area contributed by atoms with Crippen LogP contribution in [0.2, 0.25) is 0 Å². The first kappa shape index (κ1) is 25.7. The van der Waals surface area contributed by atoms with E-state index >= 15 is 0 Å². The van der Waals surface area contributed by atoms with E-state index in [1.54, 1.807) is 12.1 Å². The summed E-state index contributed by atoms with van der Waals surface area (Å²) in [5.74, 6) is 0.579. The summed E-state index contributed by atoms with van der Waals surface area (Å²) in [5, 5.41) is 20.6. The molecule has 2 saturated carbocycles. The molecule has 1 N–H and O–H groups in total. The SMILES string of the molecule is COC(C(=O)O)[C@H]1CCC2C3CCc4cc(OS(=O)(=O)c5ccc([N+](=O)[O-])cc5)ccc4C3CC[C@@]21C. The van der Waals surface area contributed by atoms with Crippen molar-refractivity contribution in [2.45, 2.75) is 62.4 Å². The third kappa shape index (κ3) is 4.40. The Labute approximate surface area is 216 Å². The van der Waals surface area contributed by atoms with Crippen LogP contribution in [0.15, 0.2) is 47.4 Å². The lowest BCUT2D eigenvalue weighted by Crippen LogP contribution is -2.47. The maximum absolute atomic E-state index is 12.8. The van der Waals surface area contributed by atoms with E-state index in [4.69, 9.17) is 8.92 Å². The second-order valence-corrected chi connectivity index (χ2v) is 12.3. The molecule has 6 atom stereocenters. The summed E-state index contributed by atoms with van der Waals surface area (Å²) in [7, 11) is -2.65. The number of rotatable bonds is 7. The number of ether oxygens (including phenoxy) is 1. The Hall–Kier alpha value is -2.98. The number of nitro benzene ring substituents is 1. The van der Waals surface area contributed by atoms with Crippen LogP contribution in [-0.2, 0) is 26.1 Å². The Morgan fingerprint density at radius 3 is 2.51 bits per heavy atom. The van der Waals surface area contributed by atoms with Crippen LogP contribution >= 0.6 is 0 Å². The quantitative estimate of drug-likeness (QED) is 0.303. The van der Waals surface area contributed by atoms with Gasteiger partial charge in [-0.1, -0.05) is 13.0 Å². The van der Waals surface area contributed by atoms with Crippen molar-refractivity contribution in [2.24, 2.45) is 23.2 Å². The van der Waals surface area contributed by atoms with Gasteiger partial charge in [0.05, 0.1) is 4.92 Å². The monoisotopic (exact) mass is 529 g/mol. The highest BCUT2D eigenvalue weighted by Crippen LogP contribution is 2.63. The Morgan fingerprint density at radius 2 is 1.86 bits per heavy atom. The number of hydrogen-bond donors (Lipinski definition) is 1. The molecule has 0 heterocycles. The number of fused-ring (bicyclic) bond motifs is 5. The molecule has 0 spiro atoms. The number of methoxy groups -OCH3 is 1. The molecule has 0 aromatic heterocycles. The Morgan fingerprint density at radius 1 is 1.14 bits per heavy atom. The lowest BCUT2D eigenvalue weighted by Gasteiger charge is -2.51. The summed E-state index contributed by atoms with van der Waals surface area (Å²) in [5.41, 5.74) is 2.04. The van der Waals surface area contributed by atoms with Crippen LogP contribution in [0.4, 0.5) is 5.69 Å². The summed E-state index contributed by atoms with van der Waals surface area (Å²) in [4.78, 5) is 22.0. The van der Waals surface area contributed by atoms with Gasteiger partial charge in [0.2, 0.25) is 0 Å². The number of carboxylic acid groups (broad SMARTS) is 1. The van der Waals surface area contributed by atoms with E-state index in [-0.39, 0.29) is 27.7 Å². The third-order valence-electron chi connectivity index (χ3n) is 9.18. The van der Waals surface area contributed by atoms with Crippen LogP contribution in [0.3, 0.4) is 0 Å².